The highest BCUT2D eigenvalue weighted by Gasteiger charge is 2.22. The molecule has 0 aliphatic rings. The van der Waals surface area contributed by atoms with Crippen molar-refractivity contribution in [3.05, 3.63) is 102 Å². The molecule has 2 aromatic carbocycles. The molecule has 0 saturated heterocycles. The van der Waals surface area contributed by atoms with E-state index in [4.69, 9.17) is 4.42 Å². The molecule has 6 nitrogen and oxygen atoms in total. The molecule has 2 N–H and O–H groups in total. The highest BCUT2D eigenvalue weighted by atomic mass is 16.3. The van der Waals surface area contributed by atoms with E-state index in [1.165, 1.54) is 0 Å². The van der Waals surface area contributed by atoms with Crippen LogP contribution in [-0.2, 0) is 9.59 Å². The normalized spacial score (nSPS) is 11.6. The smallest absolute Gasteiger partial charge is 0.259 e. The summed E-state index contributed by atoms with van der Waals surface area (Å²) in [6.45, 7) is 1.58. The largest absolute Gasteiger partial charge is 0.465 e. The molecular formula is C24H23N3O3. The van der Waals surface area contributed by atoms with E-state index in [9.17, 15) is 9.59 Å². The molecule has 0 spiro atoms. The number of hydrogen-bond donors (Lipinski definition) is 2. The van der Waals surface area contributed by atoms with Gasteiger partial charge in [0.05, 0.1) is 24.4 Å². The lowest BCUT2D eigenvalue weighted by Gasteiger charge is -2.17. The van der Waals surface area contributed by atoms with Crippen molar-refractivity contribution in [1.82, 2.24) is 10.7 Å². The van der Waals surface area contributed by atoms with Crippen molar-refractivity contribution in [1.29, 1.82) is 0 Å². The van der Waals surface area contributed by atoms with Crippen molar-refractivity contribution < 1.29 is 14.0 Å². The maximum absolute atomic E-state index is 12.9. The van der Waals surface area contributed by atoms with Crippen LogP contribution >= 0.6 is 0 Å². The predicted octanol–water partition coefficient (Wildman–Crippen LogP) is 3.73. The Hall–Kier alpha value is -3.93. The fourth-order valence-electron chi connectivity index (χ4n) is 2.87. The third-order valence-corrected chi connectivity index (χ3v) is 4.34. The monoisotopic (exact) mass is 401 g/mol. The van der Waals surface area contributed by atoms with E-state index in [0.717, 1.165) is 11.1 Å². The summed E-state index contributed by atoms with van der Waals surface area (Å²) < 4.78 is 5.19. The van der Waals surface area contributed by atoms with Crippen LogP contribution in [0.2, 0.25) is 0 Å². The first-order valence-electron chi connectivity index (χ1n) is 9.56. The SMILES string of the molecule is CC(/C=C/c1ccco1)=NNC(=O)CNC(=O)C(c1ccccc1)c1ccccc1. The van der Waals surface area contributed by atoms with Gasteiger partial charge in [-0.1, -0.05) is 60.7 Å². The lowest BCUT2D eigenvalue weighted by atomic mass is 9.90. The average molecular weight is 401 g/mol. The molecule has 0 aliphatic heterocycles. The first-order chi connectivity index (χ1) is 14.6. The summed E-state index contributed by atoms with van der Waals surface area (Å²) >= 11 is 0. The number of allylic oxidation sites excluding steroid dienone is 1. The number of nitrogens with zero attached hydrogens (tertiary/aromatic N) is 1. The van der Waals surface area contributed by atoms with E-state index in [1.54, 1.807) is 31.4 Å². The van der Waals surface area contributed by atoms with Gasteiger partial charge in [-0.25, -0.2) is 5.43 Å². The van der Waals surface area contributed by atoms with Gasteiger partial charge >= 0.3 is 0 Å². The number of carbonyl (C=O) groups excluding carboxylic acids is 2. The summed E-state index contributed by atoms with van der Waals surface area (Å²) in [6.07, 6.45) is 5.05. The molecule has 2 amide bonds. The number of nitrogens with one attached hydrogen (secondary N) is 2. The number of hydrogen-bond acceptors (Lipinski definition) is 4. The first-order valence-corrected chi connectivity index (χ1v) is 9.56. The third-order valence-electron chi connectivity index (χ3n) is 4.34. The summed E-state index contributed by atoms with van der Waals surface area (Å²) in [5.41, 5.74) is 4.75. The van der Waals surface area contributed by atoms with Crippen molar-refractivity contribution >= 4 is 23.6 Å². The van der Waals surface area contributed by atoms with Gasteiger partial charge in [0.15, 0.2) is 0 Å². The third kappa shape index (κ3) is 6.04. The Morgan fingerprint density at radius 3 is 2.17 bits per heavy atom. The van der Waals surface area contributed by atoms with Crippen LogP contribution in [0.1, 0.15) is 29.7 Å². The molecule has 0 aliphatic carbocycles. The number of rotatable bonds is 8. The topological polar surface area (TPSA) is 83.7 Å². The van der Waals surface area contributed by atoms with Gasteiger partial charge in [0.1, 0.15) is 5.76 Å². The fourth-order valence-corrected chi connectivity index (χ4v) is 2.87. The summed E-state index contributed by atoms with van der Waals surface area (Å²) in [5, 5.41) is 6.70. The standard InChI is InChI=1S/C24H23N3O3/c1-18(14-15-21-13-8-16-30-21)26-27-22(28)17-25-24(29)23(19-9-4-2-5-10-19)20-11-6-3-7-12-20/h2-16,23H,17H2,1H3,(H,25,29)(H,27,28)/b15-14+,26-18?. The van der Waals surface area contributed by atoms with Crippen LogP contribution in [0, 0.1) is 0 Å². The van der Waals surface area contributed by atoms with E-state index in [0.29, 0.717) is 11.5 Å². The molecule has 0 fully saturated rings. The van der Waals surface area contributed by atoms with Gasteiger partial charge in [-0.05, 0) is 42.3 Å². The van der Waals surface area contributed by atoms with E-state index >= 15 is 0 Å². The van der Waals surface area contributed by atoms with Crippen molar-refractivity contribution in [3.63, 3.8) is 0 Å². The van der Waals surface area contributed by atoms with Gasteiger partial charge in [0, 0.05) is 0 Å². The van der Waals surface area contributed by atoms with Crippen LogP contribution in [0.25, 0.3) is 6.08 Å². The van der Waals surface area contributed by atoms with Gasteiger partial charge in [0.2, 0.25) is 5.91 Å². The Morgan fingerprint density at radius 2 is 1.60 bits per heavy atom. The van der Waals surface area contributed by atoms with E-state index in [2.05, 4.69) is 15.8 Å². The highest BCUT2D eigenvalue weighted by molar-refractivity contribution is 5.97. The van der Waals surface area contributed by atoms with Gasteiger partial charge in [-0.15, -0.1) is 0 Å². The minimum absolute atomic E-state index is 0.173. The summed E-state index contributed by atoms with van der Waals surface area (Å²) in [5.74, 6) is -0.465. The molecule has 0 bridgehead atoms. The van der Waals surface area contributed by atoms with E-state index in [-0.39, 0.29) is 12.5 Å². The summed E-state index contributed by atoms with van der Waals surface area (Å²) in [6, 6.07) is 22.5. The van der Waals surface area contributed by atoms with E-state index < -0.39 is 11.8 Å². The van der Waals surface area contributed by atoms with Gasteiger partial charge < -0.3 is 9.73 Å². The Bertz CT molecular complexity index is 971. The van der Waals surface area contributed by atoms with Crippen LogP contribution in [0.5, 0.6) is 0 Å². The molecule has 3 aromatic rings. The minimum Gasteiger partial charge on any atom is -0.465 e. The minimum atomic E-state index is -0.498. The van der Waals surface area contributed by atoms with Gasteiger partial charge in [0.25, 0.3) is 5.91 Å². The number of hydrazone groups is 1. The van der Waals surface area contributed by atoms with Crippen LogP contribution in [0.3, 0.4) is 0 Å². The zero-order valence-corrected chi connectivity index (χ0v) is 16.6. The van der Waals surface area contributed by atoms with Crippen molar-refractivity contribution in [2.45, 2.75) is 12.8 Å². The second-order valence-electron chi connectivity index (χ2n) is 6.61. The Labute approximate surface area is 175 Å². The average Bonchev–Trinajstić information content (AvgIpc) is 3.30. The molecule has 3 rings (SSSR count). The molecule has 6 heteroatoms. The van der Waals surface area contributed by atoms with Crippen LogP contribution in [0.4, 0.5) is 0 Å². The molecule has 0 saturated carbocycles. The number of carbonyl (C=O) groups is 2. The second-order valence-corrected chi connectivity index (χ2v) is 6.61. The van der Waals surface area contributed by atoms with Crippen LogP contribution in [0.15, 0.2) is 94.7 Å². The van der Waals surface area contributed by atoms with Crippen LogP contribution in [-0.4, -0.2) is 24.1 Å². The second kappa shape index (κ2) is 10.6. The number of furan rings is 1. The zero-order valence-electron chi connectivity index (χ0n) is 16.6. The quantitative estimate of drug-likeness (QED) is 0.446. The van der Waals surface area contributed by atoms with E-state index in [1.807, 2.05) is 66.7 Å². The lowest BCUT2D eigenvalue weighted by Crippen LogP contribution is -2.38. The van der Waals surface area contributed by atoms with Crippen LogP contribution < -0.4 is 10.7 Å². The first kappa shape index (κ1) is 20.8. The van der Waals surface area contributed by atoms with Crippen molar-refractivity contribution in [3.8, 4) is 0 Å². The fraction of sp³-hybridized carbons (Fsp3) is 0.125. The molecule has 0 unspecified atom stereocenters. The summed E-state index contributed by atoms with van der Waals surface area (Å²) in [4.78, 5) is 25.0. The summed E-state index contributed by atoms with van der Waals surface area (Å²) in [7, 11) is 0. The zero-order chi connectivity index (χ0) is 21.2. The van der Waals surface area contributed by atoms with Gasteiger partial charge in [-0.2, -0.15) is 5.10 Å². The lowest BCUT2D eigenvalue weighted by molar-refractivity contribution is -0.126. The predicted molar refractivity (Wildman–Crippen MR) is 117 cm³/mol. The maximum Gasteiger partial charge on any atom is 0.259 e. The number of amides is 2. The molecule has 0 radical (unpaired) electrons. The Morgan fingerprint density at radius 1 is 0.967 bits per heavy atom. The molecule has 30 heavy (non-hydrogen) atoms. The maximum atomic E-state index is 12.9. The highest BCUT2D eigenvalue weighted by Crippen LogP contribution is 2.24. The molecule has 0 atom stereocenters. The van der Waals surface area contributed by atoms with Crippen molar-refractivity contribution in [2.24, 2.45) is 5.10 Å². The molecule has 152 valence electrons. The Balaban J connectivity index is 1.58. The van der Waals surface area contributed by atoms with Crippen molar-refractivity contribution in [2.75, 3.05) is 6.54 Å². The molecular weight excluding hydrogens is 378 g/mol. The Kier molecular flexibility index (Phi) is 7.33. The molecule has 1 aromatic heterocycles. The van der Waals surface area contributed by atoms with Gasteiger partial charge in [-0.3, -0.25) is 9.59 Å². The molecule has 1 heterocycles. The number of benzene rings is 2.